The van der Waals surface area contributed by atoms with Gasteiger partial charge in [-0.1, -0.05) is 19.9 Å². The van der Waals surface area contributed by atoms with Crippen LogP contribution in [0.1, 0.15) is 46.9 Å². The fourth-order valence-corrected chi connectivity index (χ4v) is 4.66. The Kier molecular flexibility index (Phi) is 8.69. The number of phenols is 1. The normalized spacial score (nSPS) is 16.8. The molecule has 9 heteroatoms. The van der Waals surface area contributed by atoms with Gasteiger partial charge >= 0.3 is 5.97 Å². The summed E-state index contributed by atoms with van der Waals surface area (Å²) in [6.45, 7) is 7.52. The summed E-state index contributed by atoms with van der Waals surface area (Å²) >= 11 is 0. The number of nitrogens with zero attached hydrogens (tertiary/aromatic N) is 2. The van der Waals surface area contributed by atoms with Gasteiger partial charge in [-0.25, -0.2) is 13.6 Å². The van der Waals surface area contributed by atoms with Crippen molar-refractivity contribution >= 4 is 16.9 Å². The number of carbonyl (C=O) groups is 1. The highest BCUT2D eigenvalue weighted by Gasteiger charge is 2.31. The van der Waals surface area contributed by atoms with E-state index in [1.54, 1.807) is 18.1 Å². The number of aromatic nitrogens is 1. The lowest BCUT2D eigenvalue weighted by atomic mass is 9.98. The molecule has 0 radical (unpaired) electrons. The highest BCUT2D eigenvalue weighted by Crippen LogP contribution is 2.36. The van der Waals surface area contributed by atoms with Gasteiger partial charge in [0.05, 0.1) is 13.7 Å². The van der Waals surface area contributed by atoms with E-state index in [9.17, 15) is 23.8 Å². The van der Waals surface area contributed by atoms with Crippen LogP contribution in [0.3, 0.4) is 0 Å². The molecule has 0 saturated carbocycles. The van der Waals surface area contributed by atoms with Crippen molar-refractivity contribution in [3.8, 4) is 11.5 Å². The molecule has 190 valence electrons. The van der Waals surface area contributed by atoms with Gasteiger partial charge in [-0.05, 0) is 42.3 Å². The topological polar surface area (TPSA) is 89.0 Å². The Balaban J connectivity index is 0.00000167. The van der Waals surface area contributed by atoms with E-state index >= 15 is 0 Å². The molecule has 1 aromatic heterocycles. The number of aromatic hydroxyl groups is 1. The third-order valence-electron chi connectivity index (χ3n) is 6.30. The standard InChI is InChI=1S/C24H27F2N3O4.C2H6/c1-14-9-21(33-2)18(16-5-6-27-23(14)16)11-29-8-7-28(13-22(25)26)12-19(29)15-3-4-17(24(31)32)20(30)10-15;1-2/h3-6,9-10,19,22,27,30H,7-8,11-13H2,1-2H3,(H,31,32);1-2H3. The molecule has 0 aliphatic carbocycles. The van der Waals surface area contributed by atoms with Gasteiger partial charge in [0.15, 0.2) is 0 Å². The predicted octanol–water partition coefficient (Wildman–Crippen LogP) is 5.04. The second kappa shape index (κ2) is 11.5. The quantitative estimate of drug-likeness (QED) is 0.431. The number of hydrogen-bond donors (Lipinski definition) is 3. The zero-order valence-corrected chi connectivity index (χ0v) is 20.5. The molecular formula is C26H33F2N3O4. The number of aryl methyl sites for hydroxylation is 1. The Labute approximate surface area is 203 Å². The number of alkyl halides is 2. The van der Waals surface area contributed by atoms with Gasteiger partial charge in [0.25, 0.3) is 6.43 Å². The van der Waals surface area contributed by atoms with Gasteiger partial charge < -0.3 is 19.9 Å². The molecule has 3 N–H and O–H groups in total. The van der Waals surface area contributed by atoms with Crippen LogP contribution in [0.15, 0.2) is 36.5 Å². The molecule has 35 heavy (non-hydrogen) atoms. The average molecular weight is 490 g/mol. The number of hydrogen-bond acceptors (Lipinski definition) is 5. The number of methoxy groups -OCH3 is 1. The summed E-state index contributed by atoms with van der Waals surface area (Å²) < 4.78 is 31.9. The molecule has 1 aliphatic rings. The SMILES string of the molecule is CC.COc1cc(C)c2[nH]ccc2c1CN1CCN(CC(F)F)CC1c1ccc(C(=O)O)c(O)c1. The third kappa shape index (κ3) is 5.74. The predicted molar refractivity (Wildman–Crippen MR) is 132 cm³/mol. The van der Waals surface area contributed by atoms with Gasteiger partial charge in [0, 0.05) is 54.9 Å². The largest absolute Gasteiger partial charge is 0.507 e. The molecule has 0 spiro atoms. The second-order valence-electron chi connectivity index (χ2n) is 8.36. The van der Waals surface area contributed by atoms with Gasteiger partial charge in [-0.2, -0.15) is 0 Å². The van der Waals surface area contributed by atoms with E-state index in [4.69, 9.17) is 4.74 Å². The van der Waals surface area contributed by atoms with Gasteiger partial charge in [0.1, 0.15) is 17.1 Å². The molecule has 7 nitrogen and oxygen atoms in total. The number of nitrogens with one attached hydrogen (secondary N) is 1. The van der Waals surface area contributed by atoms with E-state index in [1.165, 1.54) is 12.1 Å². The lowest BCUT2D eigenvalue weighted by Gasteiger charge is -2.42. The maximum atomic E-state index is 13.1. The third-order valence-corrected chi connectivity index (χ3v) is 6.30. The summed E-state index contributed by atoms with van der Waals surface area (Å²) in [6, 6.07) is 8.08. The summed E-state index contributed by atoms with van der Waals surface area (Å²) in [4.78, 5) is 18.4. The zero-order chi connectivity index (χ0) is 25.7. The number of rotatable bonds is 7. The van der Waals surface area contributed by atoms with Gasteiger partial charge in [0.2, 0.25) is 0 Å². The van der Waals surface area contributed by atoms with Crippen molar-refractivity contribution < 1.29 is 28.5 Å². The Hall–Kier alpha value is -3.17. The minimum atomic E-state index is -2.45. The number of carboxylic acid groups (broad SMARTS) is 1. The molecule has 1 aliphatic heterocycles. The van der Waals surface area contributed by atoms with E-state index in [1.807, 2.05) is 39.1 Å². The minimum Gasteiger partial charge on any atom is -0.507 e. The van der Waals surface area contributed by atoms with Crippen molar-refractivity contribution in [3.63, 3.8) is 0 Å². The molecule has 1 atom stereocenters. The van der Waals surface area contributed by atoms with Crippen LogP contribution < -0.4 is 4.74 Å². The summed E-state index contributed by atoms with van der Waals surface area (Å²) in [7, 11) is 1.62. The number of H-pyrrole nitrogens is 1. The number of piperazine rings is 1. The summed E-state index contributed by atoms with van der Waals surface area (Å²) in [5.41, 5.74) is 3.54. The van der Waals surface area contributed by atoms with Crippen molar-refractivity contribution in [2.24, 2.45) is 0 Å². The molecule has 3 aromatic rings. The Bertz CT molecular complexity index is 1160. The summed E-state index contributed by atoms with van der Waals surface area (Å²) in [5, 5.41) is 20.5. The highest BCUT2D eigenvalue weighted by molar-refractivity contribution is 5.91. The number of ether oxygens (including phenoxy) is 1. The van der Waals surface area contributed by atoms with Crippen molar-refractivity contribution in [2.75, 3.05) is 33.3 Å². The van der Waals surface area contributed by atoms with Crippen molar-refractivity contribution in [2.45, 2.75) is 39.8 Å². The molecule has 0 bridgehead atoms. The molecule has 4 rings (SSSR count). The molecule has 1 fully saturated rings. The average Bonchev–Trinajstić information content (AvgIpc) is 3.33. The van der Waals surface area contributed by atoms with Crippen LogP contribution in [-0.2, 0) is 6.54 Å². The number of aromatic amines is 1. The second-order valence-corrected chi connectivity index (χ2v) is 8.36. The van der Waals surface area contributed by atoms with E-state index in [-0.39, 0.29) is 23.9 Å². The summed E-state index contributed by atoms with van der Waals surface area (Å²) in [6.07, 6.45) is -0.571. The zero-order valence-electron chi connectivity index (χ0n) is 20.5. The Morgan fingerprint density at radius 3 is 2.60 bits per heavy atom. The van der Waals surface area contributed by atoms with Crippen molar-refractivity contribution in [1.29, 1.82) is 0 Å². The van der Waals surface area contributed by atoms with Crippen LogP contribution in [0.5, 0.6) is 11.5 Å². The van der Waals surface area contributed by atoms with E-state index in [0.717, 1.165) is 27.8 Å². The molecule has 2 aromatic carbocycles. The Morgan fingerprint density at radius 1 is 1.23 bits per heavy atom. The van der Waals surface area contributed by atoms with Gasteiger partial charge in [-0.3, -0.25) is 9.80 Å². The number of aromatic carboxylic acids is 1. The van der Waals surface area contributed by atoms with Crippen LogP contribution in [0, 0.1) is 6.92 Å². The van der Waals surface area contributed by atoms with Crippen LogP contribution >= 0.6 is 0 Å². The van der Waals surface area contributed by atoms with Gasteiger partial charge in [-0.15, -0.1) is 0 Å². The van der Waals surface area contributed by atoms with Crippen LogP contribution in [0.4, 0.5) is 8.78 Å². The van der Waals surface area contributed by atoms with E-state index in [0.29, 0.717) is 31.7 Å². The lowest BCUT2D eigenvalue weighted by molar-refractivity contribution is 0.0245. The van der Waals surface area contributed by atoms with Crippen LogP contribution in [0.25, 0.3) is 10.9 Å². The summed E-state index contributed by atoms with van der Waals surface area (Å²) in [5.74, 6) is -0.817. The monoisotopic (exact) mass is 489 g/mol. The first kappa shape index (κ1) is 26.4. The van der Waals surface area contributed by atoms with Crippen LogP contribution in [-0.4, -0.2) is 70.7 Å². The fraction of sp³-hybridized carbons (Fsp3) is 0.423. The maximum absolute atomic E-state index is 13.1. The Morgan fingerprint density at radius 2 is 1.97 bits per heavy atom. The highest BCUT2D eigenvalue weighted by atomic mass is 19.3. The molecule has 2 heterocycles. The molecule has 0 amide bonds. The molecular weight excluding hydrogens is 456 g/mol. The van der Waals surface area contributed by atoms with E-state index in [2.05, 4.69) is 9.88 Å². The first-order valence-corrected chi connectivity index (χ1v) is 11.7. The maximum Gasteiger partial charge on any atom is 0.339 e. The number of halogens is 2. The van der Waals surface area contributed by atoms with Crippen LogP contribution in [0.2, 0.25) is 0 Å². The first-order chi connectivity index (χ1) is 16.8. The molecule has 1 unspecified atom stereocenters. The van der Waals surface area contributed by atoms with Crippen molar-refractivity contribution in [1.82, 2.24) is 14.8 Å². The number of benzene rings is 2. The minimum absolute atomic E-state index is 0.195. The lowest BCUT2D eigenvalue weighted by Crippen LogP contribution is -2.49. The fourth-order valence-electron chi connectivity index (χ4n) is 4.66. The number of carboxylic acids is 1. The molecule has 1 saturated heterocycles. The number of fused-ring (bicyclic) bond motifs is 1. The van der Waals surface area contributed by atoms with E-state index < -0.39 is 12.4 Å². The van der Waals surface area contributed by atoms with Crippen molar-refractivity contribution in [3.05, 3.63) is 58.8 Å². The first-order valence-electron chi connectivity index (χ1n) is 11.7. The smallest absolute Gasteiger partial charge is 0.339 e.